The van der Waals surface area contributed by atoms with Gasteiger partial charge >= 0.3 is 0 Å². The number of hydrogen-bond acceptors (Lipinski definition) is 3. The van der Waals surface area contributed by atoms with E-state index in [1.54, 1.807) is 11.8 Å². The number of fused-ring (bicyclic) bond motifs is 1. The maximum Gasteiger partial charge on any atom is 0.234 e. The number of thioether (sulfide) groups is 1. The molecule has 1 aromatic rings. The molecule has 2 rings (SSSR count). The van der Waals surface area contributed by atoms with Gasteiger partial charge in [-0.25, -0.2) is 0 Å². The highest BCUT2D eigenvalue weighted by atomic mass is 32.2. The first-order valence-electron chi connectivity index (χ1n) is 7.07. The molecule has 20 heavy (non-hydrogen) atoms. The lowest BCUT2D eigenvalue weighted by atomic mass is 9.85. The molecule has 0 saturated carbocycles. The van der Waals surface area contributed by atoms with Gasteiger partial charge in [0.15, 0.2) is 0 Å². The second kappa shape index (κ2) is 6.19. The fourth-order valence-electron chi connectivity index (χ4n) is 2.44. The van der Waals surface area contributed by atoms with Crippen LogP contribution in [0.3, 0.4) is 0 Å². The molecule has 2 unspecified atom stereocenters. The molecule has 0 spiro atoms. The molecule has 1 aliphatic rings. The Bertz CT molecular complexity index is 457. The largest absolute Gasteiger partial charge is 0.396 e. The number of aliphatic hydroxyl groups excluding tert-OH is 1. The van der Waals surface area contributed by atoms with Crippen molar-refractivity contribution in [3.05, 3.63) is 29.8 Å². The Kier molecular flexibility index (Phi) is 4.76. The Morgan fingerprint density at radius 1 is 1.45 bits per heavy atom. The molecule has 0 aromatic heterocycles. The third kappa shape index (κ3) is 3.55. The summed E-state index contributed by atoms with van der Waals surface area (Å²) in [6, 6.07) is 8.19. The van der Waals surface area contributed by atoms with Crippen LogP contribution in [-0.4, -0.2) is 28.9 Å². The van der Waals surface area contributed by atoms with Crippen LogP contribution in [0.25, 0.3) is 0 Å². The molecule has 110 valence electrons. The van der Waals surface area contributed by atoms with Gasteiger partial charge in [-0.15, -0.1) is 11.8 Å². The number of aliphatic hydroxyl groups is 1. The van der Waals surface area contributed by atoms with Gasteiger partial charge in [0.1, 0.15) is 0 Å². The van der Waals surface area contributed by atoms with E-state index in [9.17, 15) is 4.79 Å². The van der Waals surface area contributed by atoms with Crippen molar-refractivity contribution in [3.63, 3.8) is 0 Å². The topological polar surface area (TPSA) is 49.3 Å². The highest BCUT2D eigenvalue weighted by Gasteiger charge is 2.32. The Balaban J connectivity index is 1.99. The average Bonchev–Trinajstić information content (AvgIpc) is 2.80. The van der Waals surface area contributed by atoms with Crippen LogP contribution in [0.2, 0.25) is 0 Å². The van der Waals surface area contributed by atoms with Gasteiger partial charge in [0, 0.05) is 17.5 Å². The molecule has 0 fully saturated rings. The van der Waals surface area contributed by atoms with E-state index < -0.39 is 0 Å². The zero-order valence-electron chi connectivity index (χ0n) is 12.3. The number of benzene rings is 1. The zero-order valence-corrected chi connectivity index (χ0v) is 13.2. The number of carbonyl (C=O) groups is 1. The fraction of sp³-hybridized carbons (Fsp3) is 0.562. The van der Waals surface area contributed by atoms with Crippen molar-refractivity contribution >= 4 is 17.7 Å². The van der Waals surface area contributed by atoms with Crippen LogP contribution in [-0.2, 0) is 11.2 Å². The van der Waals surface area contributed by atoms with Gasteiger partial charge in [-0.3, -0.25) is 4.79 Å². The zero-order chi connectivity index (χ0) is 14.8. The van der Waals surface area contributed by atoms with Crippen LogP contribution < -0.4 is 5.32 Å². The van der Waals surface area contributed by atoms with Crippen LogP contribution in [0, 0.1) is 5.41 Å². The Morgan fingerprint density at radius 3 is 2.75 bits per heavy atom. The van der Waals surface area contributed by atoms with Crippen molar-refractivity contribution in [2.45, 2.75) is 49.8 Å². The van der Waals surface area contributed by atoms with Crippen molar-refractivity contribution in [1.82, 2.24) is 5.32 Å². The van der Waals surface area contributed by atoms with E-state index in [0.29, 0.717) is 6.42 Å². The number of rotatable bonds is 4. The number of carbonyl (C=O) groups excluding carboxylic acids is 1. The van der Waals surface area contributed by atoms with Crippen LogP contribution in [0.15, 0.2) is 29.2 Å². The summed E-state index contributed by atoms with van der Waals surface area (Å²) in [6.45, 7) is 6.36. The second-order valence-electron chi connectivity index (χ2n) is 6.36. The highest BCUT2D eigenvalue weighted by molar-refractivity contribution is 8.01. The lowest BCUT2D eigenvalue weighted by Gasteiger charge is -2.31. The Morgan fingerprint density at radius 2 is 2.15 bits per heavy atom. The van der Waals surface area contributed by atoms with E-state index in [4.69, 9.17) is 5.11 Å². The number of hydrogen-bond donors (Lipinski definition) is 2. The van der Waals surface area contributed by atoms with Crippen molar-refractivity contribution < 1.29 is 9.90 Å². The number of nitrogens with one attached hydrogen (secondary N) is 1. The molecule has 0 saturated heterocycles. The summed E-state index contributed by atoms with van der Waals surface area (Å²) in [5, 5.41) is 12.2. The molecule has 0 aliphatic carbocycles. The summed E-state index contributed by atoms with van der Waals surface area (Å²) < 4.78 is 0. The molecule has 1 aromatic carbocycles. The molecular weight excluding hydrogens is 270 g/mol. The van der Waals surface area contributed by atoms with Crippen molar-refractivity contribution in [1.29, 1.82) is 0 Å². The van der Waals surface area contributed by atoms with Crippen LogP contribution >= 0.6 is 11.8 Å². The van der Waals surface area contributed by atoms with E-state index in [2.05, 4.69) is 38.2 Å². The van der Waals surface area contributed by atoms with E-state index in [1.807, 2.05) is 12.1 Å². The van der Waals surface area contributed by atoms with Gasteiger partial charge < -0.3 is 10.4 Å². The molecule has 4 heteroatoms. The summed E-state index contributed by atoms with van der Waals surface area (Å²) in [5.74, 6) is 0.0829. The monoisotopic (exact) mass is 293 g/mol. The minimum absolute atomic E-state index is 0.00399. The van der Waals surface area contributed by atoms with Crippen molar-refractivity contribution in [2.24, 2.45) is 5.41 Å². The SMILES string of the molecule is CC(C)(C)C(CCO)NC(=O)C1Cc2ccccc2S1. The van der Waals surface area contributed by atoms with E-state index in [1.165, 1.54) is 10.5 Å². The smallest absolute Gasteiger partial charge is 0.234 e. The summed E-state index contributed by atoms with van der Waals surface area (Å²) in [4.78, 5) is 13.6. The minimum atomic E-state index is -0.0471. The standard InChI is InChI=1S/C16H23NO2S/c1-16(2,3)14(8-9-18)17-15(19)13-10-11-6-4-5-7-12(11)20-13/h4-7,13-14,18H,8-10H2,1-3H3,(H,17,19). The molecule has 2 atom stereocenters. The minimum Gasteiger partial charge on any atom is -0.396 e. The summed E-state index contributed by atoms with van der Waals surface area (Å²) in [7, 11) is 0. The van der Waals surface area contributed by atoms with Gasteiger partial charge in [0.05, 0.1) is 5.25 Å². The van der Waals surface area contributed by atoms with E-state index in [-0.39, 0.29) is 29.2 Å². The molecule has 2 N–H and O–H groups in total. The third-order valence-electron chi connectivity index (χ3n) is 3.72. The van der Waals surface area contributed by atoms with Crippen molar-refractivity contribution in [3.8, 4) is 0 Å². The number of amides is 1. The normalized spacial score (nSPS) is 19.5. The van der Waals surface area contributed by atoms with Gasteiger partial charge in [0.25, 0.3) is 0 Å². The maximum absolute atomic E-state index is 12.4. The molecule has 1 heterocycles. The van der Waals surface area contributed by atoms with Gasteiger partial charge in [-0.2, -0.15) is 0 Å². The molecule has 0 bridgehead atoms. The summed E-state index contributed by atoms with van der Waals surface area (Å²) >= 11 is 1.64. The molecular formula is C16H23NO2S. The highest BCUT2D eigenvalue weighted by Crippen LogP contribution is 2.37. The lowest BCUT2D eigenvalue weighted by molar-refractivity contribution is -0.122. The first-order chi connectivity index (χ1) is 9.41. The fourth-order valence-corrected chi connectivity index (χ4v) is 3.65. The third-order valence-corrected chi connectivity index (χ3v) is 5.04. The van der Waals surface area contributed by atoms with Crippen LogP contribution in [0.5, 0.6) is 0 Å². The summed E-state index contributed by atoms with van der Waals surface area (Å²) in [5.41, 5.74) is 1.21. The summed E-state index contributed by atoms with van der Waals surface area (Å²) in [6.07, 6.45) is 1.39. The Hall–Kier alpha value is -1.00. The lowest BCUT2D eigenvalue weighted by Crippen LogP contribution is -2.47. The first-order valence-corrected chi connectivity index (χ1v) is 7.95. The first kappa shape index (κ1) is 15.4. The maximum atomic E-state index is 12.4. The molecule has 1 amide bonds. The van der Waals surface area contributed by atoms with Gasteiger partial charge in [-0.05, 0) is 29.9 Å². The average molecular weight is 293 g/mol. The predicted molar refractivity (Wildman–Crippen MR) is 82.9 cm³/mol. The molecule has 1 aliphatic heterocycles. The van der Waals surface area contributed by atoms with Crippen LogP contribution in [0.1, 0.15) is 32.8 Å². The van der Waals surface area contributed by atoms with Crippen LogP contribution in [0.4, 0.5) is 0 Å². The predicted octanol–water partition coefficient (Wildman–Crippen LogP) is 2.62. The molecule has 3 nitrogen and oxygen atoms in total. The molecule has 0 radical (unpaired) electrons. The van der Waals surface area contributed by atoms with Gasteiger partial charge in [-0.1, -0.05) is 39.0 Å². The quantitative estimate of drug-likeness (QED) is 0.897. The van der Waals surface area contributed by atoms with Crippen molar-refractivity contribution in [2.75, 3.05) is 6.61 Å². The van der Waals surface area contributed by atoms with E-state index >= 15 is 0 Å². The second-order valence-corrected chi connectivity index (χ2v) is 7.60. The Labute approximate surface area is 125 Å². The van der Waals surface area contributed by atoms with E-state index in [0.717, 1.165) is 6.42 Å². The van der Waals surface area contributed by atoms with Gasteiger partial charge in [0.2, 0.25) is 5.91 Å².